The van der Waals surface area contributed by atoms with Gasteiger partial charge in [-0.1, -0.05) is 42.8 Å². The molecule has 1 nitrogen and oxygen atoms in total. The van der Waals surface area contributed by atoms with Gasteiger partial charge >= 0.3 is 0 Å². The molecule has 1 saturated carbocycles. The molecule has 1 aromatic carbocycles. The molecule has 0 amide bonds. The maximum Gasteiger partial charge on any atom is 0.0167 e. The predicted octanol–water partition coefficient (Wildman–Crippen LogP) is 3.40. The van der Waals surface area contributed by atoms with Crippen LogP contribution >= 0.6 is 0 Å². The Balaban J connectivity index is 2.01. The van der Waals surface area contributed by atoms with E-state index in [9.17, 15) is 0 Å². The Bertz CT molecular complexity index is 375. The topological polar surface area (TPSA) is 12.0 Å². The lowest BCUT2D eigenvalue weighted by atomic mass is 10.0. The van der Waals surface area contributed by atoms with Gasteiger partial charge in [-0.2, -0.15) is 0 Å². The highest BCUT2D eigenvalue weighted by Crippen LogP contribution is 2.19. The second-order valence-electron chi connectivity index (χ2n) is 4.70. The molecule has 1 N–H and O–H groups in total. The number of hydrogen-bond donors (Lipinski definition) is 1. The SMILES string of the molecule is CCc1ccccc1C=C(C)CNC1CC1. The first-order chi connectivity index (χ1) is 7.79. The maximum absolute atomic E-state index is 3.55. The lowest BCUT2D eigenvalue weighted by Crippen LogP contribution is -2.18. The summed E-state index contributed by atoms with van der Waals surface area (Å²) in [6.07, 6.45) is 6.14. The van der Waals surface area contributed by atoms with Gasteiger partial charge in [-0.05, 0) is 37.3 Å². The second-order valence-corrected chi connectivity index (χ2v) is 4.70. The molecule has 0 heterocycles. The van der Waals surface area contributed by atoms with Crippen LogP contribution in [0.1, 0.15) is 37.8 Å². The molecular weight excluding hydrogens is 194 g/mol. The normalized spacial score (nSPS) is 16.5. The van der Waals surface area contributed by atoms with Crippen LogP contribution in [-0.2, 0) is 6.42 Å². The third-order valence-corrected chi connectivity index (χ3v) is 3.08. The molecule has 0 unspecified atom stereocenters. The molecule has 0 spiro atoms. The Kier molecular flexibility index (Phi) is 3.79. The van der Waals surface area contributed by atoms with Crippen LogP contribution < -0.4 is 5.32 Å². The minimum atomic E-state index is 0.796. The van der Waals surface area contributed by atoms with E-state index in [4.69, 9.17) is 0 Å². The predicted molar refractivity (Wildman–Crippen MR) is 70.5 cm³/mol. The first-order valence-electron chi connectivity index (χ1n) is 6.28. The largest absolute Gasteiger partial charge is 0.310 e. The van der Waals surface area contributed by atoms with Gasteiger partial charge < -0.3 is 5.32 Å². The van der Waals surface area contributed by atoms with E-state index in [0.29, 0.717) is 0 Å². The molecule has 0 aromatic heterocycles. The average Bonchev–Trinajstić information content (AvgIpc) is 3.11. The van der Waals surface area contributed by atoms with Crippen LogP contribution in [0.3, 0.4) is 0 Å². The van der Waals surface area contributed by atoms with Gasteiger partial charge in [-0.15, -0.1) is 0 Å². The third-order valence-electron chi connectivity index (χ3n) is 3.08. The standard InChI is InChI=1S/C15H21N/c1-3-13-6-4-5-7-14(13)10-12(2)11-16-15-8-9-15/h4-7,10,15-16H,3,8-9,11H2,1-2H3. The Labute approximate surface area is 98.6 Å². The van der Waals surface area contributed by atoms with Crippen LogP contribution in [0.15, 0.2) is 29.8 Å². The van der Waals surface area contributed by atoms with Crippen molar-refractivity contribution in [1.29, 1.82) is 0 Å². The zero-order chi connectivity index (χ0) is 11.4. The van der Waals surface area contributed by atoms with E-state index in [0.717, 1.165) is 19.0 Å². The van der Waals surface area contributed by atoms with Gasteiger partial charge in [0.15, 0.2) is 0 Å². The van der Waals surface area contributed by atoms with Crippen LogP contribution in [0.25, 0.3) is 6.08 Å². The molecule has 1 aliphatic carbocycles. The van der Waals surface area contributed by atoms with Crippen LogP contribution in [0.2, 0.25) is 0 Å². The summed E-state index contributed by atoms with van der Waals surface area (Å²) in [6, 6.07) is 9.46. The van der Waals surface area contributed by atoms with Gasteiger partial charge in [-0.3, -0.25) is 0 Å². The van der Waals surface area contributed by atoms with E-state index >= 15 is 0 Å². The summed E-state index contributed by atoms with van der Waals surface area (Å²) in [6.45, 7) is 5.45. The molecular formula is C15H21N. The number of benzene rings is 1. The molecule has 1 fully saturated rings. The van der Waals surface area contributed by atoms with Gasteiger partial charge in [0.05, 0.1) is 0 Å². The summed E-state index contributed by atoms with van der Waals surface area (Å²) in [7, 11) is 0. The van der Waals surface area contributed by atoms with E-state index < -0.39 is 0 Å². The highest BCUT2D eigenvalue weighted by molar-refractivity contribution is 5.56. The van der Waals surface area contributed by atoms with Crippen molar-refractivity contribution >= 4 is 6.08 Å². The van der Waals surface area contributed by atoms with Crippen molar-refractivity contribution in [3.63, 3.8) is 0 Å². The van der Waals surface area contributed by atoms with Crippen molar-refractivity contribution in [2.24, 2.45) is 0 Å². The molecule has 0 aliphatic heterocycles. The minimum Gasteiger partial charge on any atom is -0.310 e. The summed E-state index contributed by atoms with van der Waals surface area (Å²) in [5.74, 6) is 0. The molecule has 16 heavy (non-hydrogen) atoms. The average molecular weight is 215 g/mol. The Hall–Kier alpha value is -1.08. The first kappa shape index (κ1) is 11.4. The highest BCUT2D eigenvalue weighted by atomic mass is 14.9. The molecule has 0 saturated heterocycles. The highest BCUT2D eigenvalue weighted by Gasteiger charge is 2.19. The Morgan fingerprint density at radius 3 is 2.81 bits per heavy atom. The van der Waals surface area contributed by atoms with Crippen molar-refractivity contribution in [3.05, 3.63) is 41.0 Å². The minimum absolute atomic E-state index is 0.796. The molecule has 1 aliphatic rings. The third kappa shape index (κ3) is 3.21. The van der Waals surface area contributed by atoms with Crippen molar-refractivity contribution in [2.75, 3.05) is 6.54 Å². The molecule has 1 aromatic rings. The fourth-order valence-electron chi connectivity index (χ4n) is 1.91. The zero-order valence-corrected chi connectivity index (χ0v) is 10.3. The Morgan fingerprint density at radius 1 is 1.38 bits per heavy atom. The number of rotatable bonds is 5. The van der Waals surface area contributed by atoms with Crippen LogP contribution in [-0.4, -0.2) is 12.6 Å². The van der Waals surface area contributed by atoms with Crippen LogP contribution in [0.5, 0.6) is 0 Å². The molecule has 0 atom stereocenters. The van der Waals surface area contributed by atoms with Crippen molar-refractivity contribution in [3.8, 4) is 0 Å². The van der Waals surface area contributed by atoms with Crippen LogP contribution in [0.4, 0.5) is 0 Å². The van der Waals surface area contributed by atoms with Crippen molar-refractivity contribution in [1.82, 2.24) is 5.32 Å². The number of nitrogens with one attached hydrogen (secondary N) is 1. The van der Waals surface area contributed by atoms with Gasteiger partial charge in [0, 0.05) is 12.6 Å². The lowest BCUT2D eigenvalue weighted by molar-refractivity contribution is 0.735. The number of hydrogen-bond acceptors (Lipinski definition) is 1. The molecule has 0 bridgehead atoms. The van der Waals surface area contributed by atoms with E-state index in [1.165, 1.54) is 29.5 Å². The summed E-state index contributed by atoms with van der Waals surface area (Å²) in [5, 5.41) is 3.55. The molecule has 2 rings (SSSR count). The van der Waals surface area contributed by atoms with Gasteiger partial charge in [0.25, 0.3) is 0 Å². The quantitative estimate of drug-likeness (QED) is 0.793. The van der Waals surface area contributed by atoms with Gasteiger partial charge in [0.2, 0.25) is 0 Å². The monoisotopic (exact) mass is 215 g/mol. The van der Waals surface area contributed by atoms with E-state index in [1.807, 2.05) is 0 Å². The summed E-state index contributed by atoms with van der Waals surface area (Å²) in [4.78, 5) is 0. The van der Waals surface area contributed by atoms with Gasteiger partial charge in [0.1, 0.15) is 0 Å². The number of aryl methyl sites for hydroxylation is 1. The van der Waals surface area contributed by atoms with Gasteiger partial charge in [-0.25, -0.2) is 0 Å². The molecule has 0 radical (unpaired) electrons. The van der Waals surface area contributed by atoms with Crippen LogP contribution in [0, 0.1) is 0 Å². The van der Waals surface area contributed by atoms with E-state index in [1.54, 1.807) is 0 Å². The lowest BCUT2D eigenvalue weighted by Gasteiger charge is -2.06. The first-order valence-corrected chi connectivity index (χ1v) is 6.28. The van der Waals surface area contributed by atoms with E-state index in [-0.39, 0.29) is 0 Å². The fourth-order valence-corrected chi connectivity index (χ4v) is 1.91. The molecule has 1 heteroatoms. The van der Waals surface area contributed by atoms with Crippen molar-refractivity contribution in [2.45, 2.75) is 39.2 Å². The summed E-state index contributed by atoms with van der Waals surface area (Å²) in [5.41, 5.74) is 4.24. The smallest absolute Gasteiger partial charge is 0.0167 e. The summed E-state index contributed by atoms with van der Waals surface area (Å²) >= 11 is 0. The summed E-state index contributed by atoms with van der Waals surface area (Å²) < 4.78 is 0. The van der Waals surface area contributed by atoms with E-state index in [2.05, 4.69) is 49.5 Å². The second kappa shape index (κ2) is 5.31. The van der Waals surface area contributed by atoms with Crippen molar-refractivity contribution < 1.29 is 0 Å². The zero-order valence-electron chi connectivity index (χ0n) is 10.3. The maximum atomic E-state index is 3.55. The Morgan fingerprint density at radius 2 is 2.12 bits per heavy atom. The fraction of sp³-hybridized carbons (Fsp3) is 0.467. The molecule has 86 valence electrons.